The van der Waals surface area contributed by atoms with Crippen LogP contribution in [0.1, 0.15) is 41.6 Å². The van der Waals surface area contributed by atoms with Gasteiger partial charge in [0, 0.05) is 24.9 Å². The molecule has 1 aliphatic rings. The minimum Gasteiger partial charge on any atom is -0.493 e. The van der Waals surface area contributed by atoms with Crippen LogP contribution in [0.25, 0.3) is 11.0 Å². The Labute approximate surface area is 221 Å². The highest BCUT2D eigenvalue weighted by molar-refractivity contribution is 5.84. The van der Waals surface area contributed by atoms with Crippen molar-refractivity contribution >= 4 is 11.0 Å². The minimum absolute atomic E-state index is 0.639. The van der Waals surface area contributed by atoms with Crippen molar-refractivity contribution in [1.29, 1.82) is 0 Å². The molecule has 5 rings (SSSR count). The third-order valence-electron chi connectivity index (χ3n) is 7.49. The zero-order valence-corrected chi connectivity index (χ0v) is 22.2. The molecule has 0 spiro atoms. The Hall–Kier alpha value is -3.15. The van der Waals surface area contributed by atoms with E-state index >= 15 is 0 Å². The fraction of sp³-hybridized carbons (Fsp3) is 0.406. The van der Waals surface area contributed by atoms with Crippen molar-refractivity contribution in [3.63, 3.8) is 0 Å². The summed E-state index contributed by atoms with van der Waals surface area (Å²) in [5, 5.41) is 5.66. The van der Waals surface area contributed by atoms with Crippen LogP contribution in [0.5, 0.6) is 5.75 Å². The third kappa shape index (κ3) is 6.79. The molecule has 37 heavy (non-hydrogen) atoms. The van der Waals surface area contributed by atoms with E-state index < -0.39 is 0 Å². The van der Waals surface area contributed by atoms with E-state index in [9.17, 15) is 0 Å². The van der Waals surface area contributed by atoms with Crippen LogP contribution < -0.4 is 4.74 Å². The van der Waals surface area contributed by atoms with Crippen molar-refractivity contribution in [2.75, 3.05) is 33.8 Å². The summed E-state index contributed by atoms with van der Waals surface area (Å²) in [5.74, 6) is 1.64. The standard InChI is InChI=1S/C32H39N3O2/c1-34(2)24-29-31(36-22-19-25-9-5-3-6-10-25)16-14-28-30(33-37-32(28)29)15-13-26-17-20-35(21-18-26)23-27-11-7-4-8-12-27/h3-12,14,16,26H,13,15,17-24H2,1-2H3. The Morgan fingerprint density at radius 3 is 2.30 bits per heavy atom. The van der Waals surface area contributed by atoms with Gasteiger partial charge in [-0.2, -0.15) is 0 Å². The molecular formula is C32H39N3O2. The number of benzene rings is 3. The molecule has 1 saturated heterocycles. The van der Waals surface area contributed by atoms with Crippen LogP contribution in [-0.2, 0) is 25.9 Å². The van der Waals surface area contributed by atoms with E-state index in [1.54, 1.807) is 0 Å². The van der Waals surface area contributed by atoms with Gasteiger partial charge in [0.1, 0.15) is 5.75 Å². The number of aryl methyl sites for hydroxylation is 1. The number of likely N-dealkylation sites (tertiary alicyclic amines) is 1. The average molecular weight is 498 g/mol. The van der Waals surface area contributed by atoms with Crippen LogP contribution in [0.4, 0.5) is 0 Å². The number of rotatable bonds is 11. The molecule has 1 aliphatic heterocycles. The lowest BCUT2D eigenvalue weighted by atomic mass is 9.91. The van der Waals surface area contributed by atoms with Gasteiger partial charge in [-0.15, -0.1) is 0 Å². The predicted molar refractivity (Wildman–Crippen MR) is 150 cm³/mol. The lowest BCUT2D eigenvalue weighted by molar-refractivity contribution is 0.172. The van der Waals surface area contributed by atoms with Gasteiger partial charge in [-0.1, -0.05) is 65.8 Å². The maximum atomic E-state index is 6.25. The molecule has 1 aromatic heterocycles. The normalized spacial score (nSPS) is 15.0. The molecule has 5 heteroatoms. The van der Waals surface area contributed by atoms with Crippen molar-refractivity contribution in [2.24, 2.45) is 5.92 Å². The van der Waals surface area contributed by atoms with Gasteiger partial charge in [-0.25, -0.2) is 0 Å². The van der Waals surface area contributed by atoms with E-state index in [0.29, 0.717) is 6.61 Å². The van der Waals surface area contributed by atoms with Crippen molar-refractivity contribution in [2.45, 2.75) is 45.2 Å². The van der Waals surface area contributed by atoms with Crippen molar-refractivity contribution in [1.82, 2.24) is 15.0 Å². The lowest BCUT2D eigenvalue weighted by Gasteiger charge is -2.31. The number of piperidine rings is 1. The Bertz CT molecular complexity index is 1250. The van der Waals surface area contributed by atoms with Gasteiger partial charge in [-0.05, 0) is 82.0 Å². The van der Waals surface area contributed by atoms with Crippen molar-refractivity contribution in [3.05, 3.63) is 95.2 Å². The fourth-order valence-corrected chi connectivity index (χ4v) is 5.41. The second-order valence-electron chi connectivity index (χ2n) is 10.6. The number of hydrogen-bond donors (Lipinski definition) is 0. The summed E-state index contributed by atoms with van der Waals surface area (Å²) in [6.07, 6.45) is 5.53. The van der Waals surface area contributed by atoms with Crippen LogP contribution in [0.3, 0.4) is 0 Å². The van der Waals surface area contributed by atoms with E-state index in [4.69, 9.17) is 9.26 Å². The fourth-order valence-electron chi connectivity index (χ4n) is 5.41. The first-order valence-electron chi connectivity index (χ1n) is 13.6. The Balaban J connectivity index is 1.19. The highest BCUT2D eigenvalue weighted by Gasteiger charge is 2.22. The maximum absolute atomic E-state index is 6.25. The second-order valence-corrected chi connectivity index (χ2v) is 10.6. The van der Waals surface area contributed by atoms with E-state index in [2.05, 4.69) is 95.8 Å². The summed E-state index contributed by atoms with van der Waals surface area (Å²) in [6.45, 7) is 4.81. The molecule has 0 saturated carbocycles. The van der Waals surface area contributed by atoms with Gasteiger partial charge in [0.2, 0.25) is 0 Å². The van der Waals surface area contributed by atoms with Crippen molar-refractivity contribution in [3.8, 4) is 5.75 Å². The van der Waals surface area contributed by atoms with Gasteiger partial charge in [0.25, 0.3) is 0 Å². The molecule has 4 aromatic rings. The van der Waals surface area contributed by atoms with Crippen LogP contribution in [0, 0.1) is 5.92 Å². The monoisotopic (exact) mass is 497 g/mol. The molecule has 2 heterocycles. The highest BCUT2D eigenvalue weighted by Crippen LogP contribution is 2.33. The van der Waals surface area contributed by atoms with Gasteiger partial charge in [0.15, 0.2) is 5.58 Å². The van der Waals surface area contributed by atoms with E-state index in [-0.39, 0.29) is 0 Å². The van der Waals surface area contributed by atoms with Crippen LogP contribution in [-0.4, -0.2) is 48.7 Å². The number of ether oxygens (including phenoxy) is 1. The predicted octanol–water partition coefficient (Wildman–Crippen LogP) is 6.36. The van der Waals surface area contributed by atoms with Gasteiger partial charge in [0.05, 0.1) is 17.9 Å². The van der Waals surface area contributed by atoms with Crippen molar-refractivity contribution < 1.29 is 9.26 Å². The summed E-state index contributed by atoms with van der Waals surface area (Å²) >= 11 is 0. The SMILES string of the molecule is CN(C)Cc1c(OCCc2ccccc2)ccc2c(CCC3CCN(Cc4ccccc4)CC3)noc12. The molecule has 0 aliphatic carbocycles. The first-order valence-corrected chi connectivity index (χ1v) is 13.6. The number of nitrogens with zero attached hydrogens (tertiary/aromatic N) is 3. The summed E-state index contributed by atoms with van der Waals surface area (Å²) in [5.41, 5.74) is 5.73. The second kappa shape index (κ2) is 12.4. The van der Waals surface area contributed by atoms with E-state index in [1.165, 1.54) is 43.5 Å². The summed E-state index contributed by atoms with van der Waals surface area (Å²) < 4.78 is 12.2. The van der Waals surface area contributed by atoms with Crippen LogP contribution in [0.2, 0.25) is 0 Å². The number of fused-ring (bicyclic) bond motifs is 1. The molecule has 5 nitrogen and oxygen atoms in total. The average Bonchev–Trinajstić information content (AvgIpc) is 3.34. The quantitative estimate of drug-likeness (QED) is 0.241. The summed E-state index contributed by atoms with van der Waals surface area (Å²) in [4.78, 5) is 4.74. The molecule has 0 N–H and O–H groups in total. The van der Waals surface area contributed by atoms with Gasteiger partial charge < -0.3 is 14.2 Å². The third-order valence-corrected chi connectivity index (χ3v) is 7.49. The lowest BCUT2D eigenvalue weighted by Crippen LogP contribution is -2.33. The number of hydrogen-bond acceptors (Lipinski definition) is 5. The van der Waals surface area contributed by atoms with Gasteiger partial charge >= 0.3 is 0 Å². The topological polar surface area (TPSA) is 41.7 Å². The Kier molecular flexibility index (Phi) is 8.54. The van der Waals surface area contributed by atoms with Crippen LogP contribution in [0.15, 0.2) is 77.3 Å². The molecule has 0 amide bonds. The highest BCUT2D eigenvalue weighted by atomic mass is 16.5. The molecule has 0 unspecified atom stereocenters. The van der Waals surface area contributed by atoms with Crippen LogP contribution >= 0.6 is 0 Å². The van der Waals surface area contributed by atoms with Gasteiger partial charge in [-0.3, -0.25) is 4.90 Å². The first-order chi connectivity index (χ1) is 18.2. The smallest absolute Gasteiger partial charge is 0.175 e. The van der Waals surface area contributed by atoms with E-state index in [0.717, 1.165) is 59.8 Å². The molecular weight excluding hydrogens is 458 g/mol. The Morgan fingerprint density at radius 2 is 1.59 bits per heavy atom. The summed E-state index contributed by atoms with van der Waals surface area (Å²) in [6, 6.07) is 25.5. The zero-order valence-electron chi connectivity index (χ0n) is 22.2. The molecule has 3 aromatic carbocycles. The largest absolute Gasteiger partial charge is 0.493 e. The molecule has 0 atom stereocenters. The number of aromatic nitrogens is 1. The van der Waals surface area contributed by atoms with E-state index in [1.807, 2.05) is 6.07 Å². The first kappa shape index (κ1) is 25.5. The molecule has 1 fully saturated rings. The molecule has 0 radical (unpaired) electrons. The molecule has 194 valence electrons. The zero-order chi connectivity index (χ0) is 25.5. The summed E-state index contributed by atoms with van der Waals surface area (Å²) in [7, 11) is 4.15. The minimum atomic E-state index is 0.639. The molecule has 0 bridgehead atoms. The Morgan fingerprint density at radius 1 is 0.892 bits per heavy atom. The maximum Gasteiger partial charge on any atom is 0.175 e.